The molecule has 0 amide bonds. The van der Waals surface area contributed by atoms with Crippen LogP contribution in [0.5, 0.6) is 0 Å². The smallest absolute Gasteiger partial charge is 0.0537 e. The van der Waals surface area contributed by atoms with Gasteiger partial charge in [-0.2, -0.15) is 5.10 Å². The van der Waals surface area contributed by atoms with Crippen molar-refractivity contribution >= 4 is 0 Å². The SMILES string of the molecule is CCn1cc(C(C)NCC(c2ccccc2)N(C)C)cn1. The minimum absolute atomic E-state index is 0.302. The fraction of sp³-hybridized carbons (Fsp3) is 0.471. The Morgan fingerprint density at radius 2 is 1.90 bits per heavy atom. The number of nitrogens with one attached hydrogen (secondary N) is 1. The summed E-state index contributed by atoms with van der Waals surface area (Å²) in [6, 6.07) is 11.3. The molecule has 1 heterocycles. The highest BCUT2D eigenvalue weighted by Crippen LogP contribution is 2.19. The number of hydrogen-bond acceptors (Lipinski definition) is 3. The molecule has 0 saturated heterocycles. The van der Waals surface area contributed by atoms with E-state index in [9.17, 15) is 0 Å². The van der Waals surface area contributed by atoms with E-state index in [2.05, 4.69) is 79.8 Å². The Bertz CT molecular complexity index is 533. The van der Waals surface area contributed by atoms with Crippen molar-refractivity contribution in [3.63, 3.8) is 0 Å². The van der Waals surface area contributed by atoms with E-state index in [-0.39, 0.29) is 0 Å². The van der Waals surface area contributed by atoms with E-state index < -0.39 is 0 Å². The highest BCUT2D eigenvalue weighted by molar-refractivity contribution is 5.19. The molecule has 4 nitrogen and oxygen atoms in total. The summed E-state index contributed by atoms with van der Waals surface area (Å²) in [5.74, 6) is 0. The maximum atomic E-state index is 4.34. The second kappa shape index (κ2) is 7.38. The lowest BCUT2D eigenvalue weighted by Gasteiger charge is -2.26. The van der Waals surface area contributed by atoms with Crippen molar-refractivity contribution in [1.29, 1.82) is 0 Å². The fourth-order valence-corrected chi connectivity index (χ4v) is 2.46. The molecule has 0 aliphatic carbocycles. The molecule has 21 heavy (non-hydrogen) atoms. The van der Waals surface area contributed by atoms with Crippen LogP contribution in [-0.2, 0) is 6.54 Å². The van der Waals surface area contributed by atoms with Gasteiger partial charge in [0.1, 0.15) is 0 Å². The summed E-state index contributed by atoms with van der Waals surface area (Å²) in [6.45, 7) is 6.12. The minimum atomic E-state index is 0.302. The van der Waals surface area contributed by atoms with Crippen LogP contribution in [0, 0.1) is 0 Å². The van der Waals surface area contributed by atoms with Crippen molar-refractivity contribution in [3.05, 3.63) is 53.9 Å². The van der Waals surface area contributed by atoms with Crippen molar-refractivity contribution < 1.29 is 0 Å². The molecule has 0 aliphatic rings. The van der Waals surface area contributed by atoms with Crippen LogP contribution in [0.25, 0.3) is 0 Å². The third kappa shape index (κ3) is 4.16. The van der Waals surface area contributed by atoms with Gasteiger partial charge in [0.2, 0.25) is 0 Å². The lowest BCUT2D eigenvalue weighted by atomic mass is 10.1. The Hall–Kier alpha value is -1.65. The molecule has 114 valence electrons. The van der Waals surface area contributed by atoms with E-state index in [4.69, 9.17) is 0 Å². The van der Waals surface area contributed by atoms with Gasteiger partial charge in [0.25, 0.3) is 0 Å². The Morgan fingerprint density at radius 3 is 2.48 bits per heavy atom. The number of benzene rings is 1. The molecule has 0 fully saturated rings. The number of hydrogen-bond donors (Lipinski definition) is 1. The molecule has 1 aromatic carbocycles. The first-order valence-electron chi connectivity index (χ1n) is 7.59. The largest absolute Gasteiger partial charge is 0.308 e. The summed E-state index contributed by atoms with van der Waals surface area (Å²) in [5, 5.41) is 7.96. The van der Waals surface area contributed by atoms with Crippen molar-refractivity contribution in [3.8, 4) is 0 Å². The predicted molar refractivity (Wildman–Crippen MR) is 87.2 cm³/mol. The van der Waals surface area contributed by atoms with Crippen LogP contribution in [0.3, 0.4) is 0 Å². The van der Waals surface area contributed by atoms with Crippen molar-refractivity contribution in [2.24, 2.45) is 0 Å². The molecule has 0 bridgehead atoms. The summed E-state index contributed by atoms with van der Waals surface area (Å²) in [4.78, 5) is 2.25. The van der Waals surface area contributed by atoms with E-state index in [1.54, 1.807) is 0 Å². The number of nitrogens with zero attached hydrogens (tertiary/aromatic N) is 3. The molecule has 0 aliphatic heterocycles. The van der Waals surface area contributed by atoms with E-state index in [0.29, 0.717) is 12.1 Å². The average Bonchev–Trinajstić information content (AvgIpc) is 2.97. The second-order valence-corrected chi connectivity index (χ2v) is 5.65. The second-order valence-electron chi connectivity index (χ2n) is 5.65. The maximum Gasteiger partial charge on any atom is 0.0537 e. The van der Waals surface area contributed by atoms with Gasteiger partial charge in [0.05, 0.1) is 6.20 Å². The van der Waals surface area contributed by atoms with Gasteiger partial charge in [-0.1, -0.05) is 30.3 Å². The predicted octanol–water partition coefficient (Wildman–Crippen LogP) is 2.86. The molecular weight excluding hydrogens is 260 g/mol. The molecule has 1 aromatic heterocycles. The van der Waals surface area contributed by atoms with E-state index >= 15 is 0 Å². The summed E-state index contributed by atoms with van der Waals surface area (Å²) >= 11 is 0. The molecule has 2 atom stereocenters. The molecule has 0 saturated carbocycles. The van der Waals surface area contributed by atoms with Gasteiger partial charge in [-0.15, -0.1) is 0 Å². The third-order valence-corrected chi connectivity index (χ3v) is 3.90. The lowest BCUT2D eigenvalue weighted by molar-refractivity contribution is 0.281. The molecular formula is C17H26N4. The standard InChI is InChI=1S/C17H26N4/c1-5-21-13-16(11-19-21)14(2)18-12-17(20(3)4)15-9-7-6-8-10-15/h6-11,13-14,17-18H,5,12H2,1-4H3. The lowest BCUT2D eigenvalue weighted by Crippen LogP contribution is -2.32. The number of aromatic nitrogens is 2. The highest BCUT2D eigenvalue weighted by Gasteiger charge is 2.15. The van der Waals surface area contributed by atoms with Crippen molar-refractivity contribution in [2.45, 2.75) is 32.5 Å². The zero-order chi connectivity index (χ0) is 15.2. The topological polar surface area (TPSA) is 33.1 Å². The van der Waals surface area contributed by atoms with Gasteiger partial charge in [-0.25, -0.2) is 0 Å². The van der Waals surface area contributed by atoms with Crippen LogP contribution in [0.4, 0.5) is 0 Å². The average molecular weight is 286 g/mol. The fourth-order valence-electron chi connectivity index (χ4n) is 2.46. The van der Waals surface area contributed by atoms with Gasteiger partial charge in [0.15, 0.2) is 0 Å². The van der Waals surface area contributed by atoms with Crippen LogP contribution in [0.15, 0.2) is 42.7 Å². The third-order valence-electron chi connectivity index (χ3n) is 3.90. The molecule has 4 heteroatoms. The zero-order valence-electron chi connectivity index (χ0n) is 13.5. The number of aryl methyl sites for hydroxylation is 1. The molecule has 1 N–H and O–H groups in total. The van der Waals surface area contributed by atoms with Crippen molar-refractivity contribution in [1.82, 2.24) is 20.0 Å². The van der Waals surface area contributed by atoms with E-state index in [1.807, 2.05) is 10.9 Å². The van der Waals surface area contributed by atoms with Gasteiger partial charge in [0, 0.05) is 36.9 Å². The Kier molecular flexibility index (Phi) is 5.53. The zero-order valence-corrected chi connectivity index (χ0v) is 13.5. The molecule has 2 unspecified atom stereocenters. The normalized spacial score (nSPS) is 14.3. The van der Waals surface area contributed by atoms with Crippen LogP contribution < -0.4 is 5.32 Å². The molecule has 0 spiro atoms. The minimum Gasteiger partial charge on any atom is -0.308 e. The van der Waals surface area contributed by atoms with Gasteiger partial charge in [-0.3, -0.25) is 4.68 Å². The summed E-state index contributed by atoms with van der Waals surface area (Å²) in [6.07, 6.45) is 4.07. The van der Waals surface area contributed by atoms with Gasteiger partial charge >= 0.3 is 0 Å². The Labute approximate surface area is 127 Å². The summed E-state index contributed by atoms with van der Waals surface area (Å²) < 4.78 is 1.97. The first-order valence-corrected chi connectivity index (χ1v) is 7.59. The van der Waals surface area contributed by atoms with Crippen LogP contribution in [0.2, 0.25) is 0 Å². The first-order chi connectivity index (χ1) is 10.1. The van der Waals surface area contributed by atoms with Gasteiger partial charge < -0.3 is 10.2 Å². The van der Waals surface area contributed by atoms with Crippen LogP contribution in [0.1, 0.15) is 37.1 Å². The van der Waals surface area contributed by atoms with Crippen molar-refractivity contribution in [2.75, 3.05) is 20.6 Å². The van der Waals surface area contributed by atoms with Crippen LogP contribution >= 0.6 is 0 Å². The maximum absolute atomic E-state index is 4.34. The summed E-state index contributed by atoms with van der Waals surface area (Å²) in [5.41, 5.74) is 2.58. The van der Waals surface area contributed by atoms with Gasteiger partial charge in [-0.05, 0) is 33.5 Å². The molecule has 0 radical (unpaired) electrons. The Balaban J connectivity index is 1.98. The number of likely N-dealkylation sites (N-methyl/N-ethyl adjacent to an activating group) is 1. The Morgan fingerprint density at radius 1 is 1.19 bits per heavy atom. The first kappa shape index (κ1) is 15.7. The number of rotatable bonds is 7. The van der Waals surface area contributed by atoms with E-state index in [0.717, 1.165) is 13.1 Å². The molecule has 2 aromatic rings. The quantitative estimate of drug-likeness (QED) is 0.849. The van der Waals surface area contributed by atoms with E-state index in [1.165, 1.54) is 11.1 Å². The summed E-state index contributed by atoms with van der Waals surface area (Å²) in [7, 11) is 4.25. The van der Waals surface area contributed by atoms with Crippen LogP contribution in [-0.4, -0.2) is 35.3 Å². The molecule has 2 rings (SSSR count). The monoisotopic (exact) mass is 286 g/mol. The highest BCUT2D eigenvalue weighted by atomic mass is 15.3.